The van der Waals surface area contributed by atoms with Crippen molar-refractivity contribution in [3.8, 4) is 5.75 Å². The topological polar surface area (TPSA) is 29.5 Å². The Hall–Kier alpha value is -1.87. The molecule has 0 saturated heterocycles. The van der Waals surface area contributed by atoms with Crippen LogP contribution in [0.15, 0.2) is 42.5 Å². The first kappa shape index (κ1) is 13.6. The van der Waals surface area contributed by atoms with Crippen LogP contribution >= 0.6 is 0 Å². The van der Waals surface area contributed by atoms with Crippen LogP contribution in [0.4, 0.5) is 4.39 Å². The highest BCUT2D eigenvalue weighted by Crippen LogP contribution is 2.34. The lowest BCUT2D eigenvalue weighted by atomic mass is 9.85. The number of methoxy groups -OCH3 is 1. The molecular weight excluding hydrogens is 243 g/mol. The van der Waals surface area contributed by atoms with Gasteiger partial charge in [0.05, 0.1) is 7.11 Å². The molecule has 1 unspecified atom stereocenters. The molecule has 0 aliphatic heterocycles. The van der Waals surface area contributed by atoms with Crippen molar-refractivity contribution in [1.82, 2.24) is 0 Å². The molecule has 2 aromatic carbocycles. The van der Waals surface area contributed by atoms with E-state index in [1.54, 1.807) is 25.1 Å². The number of aryl methyl sites for hydroxylation is 1. The SMILES string of the molecule is COc1ccc(C(C)(O)c2ccccc2C)c(F)c1. The molecule has 0 aliphatic rings. The second-order valence-electron chi connectivity index (χ2n) is 4.73. The van der Waals surface area contributed by atoms with Crippen LogP contribution in [0.25, 0.3) is 0 Å². The van der Waals surface area contributed by atoms with Gasteiger partial charge in [0.1, 0.15) is 17.2 Å². The lowest BCUT2D eigenvalue weighted by Gasteiger charge is -2.26. The summed E-state index contributed by atoms with van der Waals surface area (Å²) in [5.74, 6) is -0.0468. The second kappa shape index (κ2) is 5.02. The van der Waals surface area contributed by atoms with Crippen molar-refractivity contribution in [1.29, 1.82) is 0 Å². The zero-order valence-corrected chi connectivity index (χ0v) is 11.3. The molecule has 0 saturated carbocycles. The highest BCUT2D eigenvalue weighted by Gasteiger charge is 2.30. The Morgan fingerprint density at radius 3 is 2.37 bits per heavy atom. The van der Waals surface area contributed by atoms with Crippen LogP contribution in [0.2, 0.25) is 0 Å². The molecule has 0 aromatic heterocycles. The Morgan fingerprint density at radius 2 is 1.79 bits per heavy atom. The quantitative estimate of drug-likeness (QED) is 0.916. The maximum Gasteiger partial charge on any atom is 0.133 e. The minimum atomic E-state index is -1.37. The summed E-state index contributed by atoms with van der Waals surface area (Å²) in [5.41, 5.74) is 0.478. The number of rotatable bonds is 3. The van der Waals surface area contributed by atoms with Gasteiger partial charge in [0.25, 0.3) is 0 Å². The largest absolute Gasteiger partial charge is 0.497 e. The summed E-state index contributed by atoms with van der Waals surface area (Å²) in [6.07, 6.45) is 0. The van der Waals surface area contributed by atoms with Crippen molar-refractivity contribution in [3.63, 3.8) is 0 Å². The summed E-state index contributed by atoms with van der Waals surface area (Å²) in [7, 11) is 1.48. The lowest BCUT2D eigenvalue weighted by molar-refractivity contribution is 0.0972. The van der Waals surface area contributed by atoms with Crippen LogP contribution in [-0.2, 0) is 5.60 Å². The molecule has 1 N–H and O–H groups in total. The molecule has 2 aromatic rings. The monoisotopic (exact) mass is 260 g/mol. The molecule has 0 spiro atoms. The van der Waals surface area contributed by atoms with Crippen LogP contribution in [0.5, 0.6) is 5.75 Å². The van der Waals surface area contributed by atoms with Crippen LogP contribution in [0.1, 0.15) is 23.6 Å². The van der Waals surface area contributed by atoms with E-state index in [0.29, 0.717) is 11.3 Å². The maximum atomic E-state index is 14.1. The average molecular weight is 260 g/mol. The van der Waals surface area contributed by atoms with Gasteiger partial charge in [-0.3, -0.25) is 0 Å². The third-order valence-corrected chi connectivity index (χ3v) is 3.37. The zero-order chi connectivity index (χ0) is 14.0. The number of hydrogen-bond donors (Lipinski definition) is 1. The van der Waals surface area contributed by atoms with Crippen molar-refractivity contribution < 1.29 is 14.2 Å². The molecule has 3 heteroatoms. The fourth-order valence-electron chi connectivity index (χ4n) is 2.28. The smallest absolute Gasteiger partial charge is 0.133 e. The van der Waals surface area contributed by atoms with E-state index >= 15 is 0 Å². The lowest BCUT2D eigenvalue weighted by Crippen LogP contribution is -2.25. The van der Waals surface area contributed by atoms with E-state index in [-0.39, 0.29) is 5.56 Å². The van der Waals surface area contributed by atoms with Gasteiger partial charge in [-0.15, -0.1) is 0 Å². The minimum absolute atomic E-state index is 0.239. The van der Waals surface area contributed by atoms with E-state index in [1.807, 2.05) is 25.1 Å². The Kier molecular flexibility index (Phi) is 3.58. The van der Waals surface area contributed by atoms with Crippen molar-refractivity contribution in [2.45, 2.75) is 19.4 Å². The van der Waals surface area contributed by atoms with Crippen molar-refractivity contribution in [2.24, 2.45) is 0 Å². The number of hydrogen-bond acceptors (Lipinski definition) is 2. The molecule has 0 aliphatic carbocycles. The number of benzene rings is 2. The number of aliphatic hydroxyl groups is 1. The molecular formula is C16H17FO2. The van der Waals surface area contributed by atoms with Crippen LogP contribution < -0.4 is 4.74 Å². The normalized spacial score (nSPS) is 13.9. The fraction of sp³-hybridized carbons (Fsp3) is 0.250. The predicted octanol–water partition coefficient (Wildman–Crippen LogP) is 3.40. The predicted molar refractivity (Wildman–Crippen MR) is 72.8 cm³/mol. The first-order valence-electron chi connectivity index (χ1n) is 6.09. The number of ether oxygens (including phenoxy) is 1. The van der Waals surface area contributed by atoms with E-state index < -0.39 is 11.4 Å². The van der Waals surface area contributed by atoms with E-state index in [2.05, 4.69) is 0 Å². The van der Waals surface area contributed by atoms with Gasteiger partial charge < -0.3 is 9.84 Å². The van der Waals surface area contributed by atoms with E-state index in [0.717, 1.165) is 5.56 Å². The van der Waals surface area contributed by atoms with Crippen LogP contribution in [0, 0.1) is 12.7 Å². The molecule has 0 fully saturated rings. The molecule has 0 amide bonds. The van der Waals surface area contributed by atoms with Gasteiger partial charge in [-0.2, -0.15) is 0 Å². The standard InChI is InChI=1S/C16H17FO2/c1-11-6-4-5-7-13(11)16(2,18)14-9-8-12(19-3)10-15(14)17/h4-10,18H,1-3H3. The molecule has 0 radical (unpaired) electrons. The molecule has 2 nitrogen and oxygen atoms in total. The molecule has 0 heterocycles. The highest BCUT2D eigenvalue weighted by molar-refractivity contribution is 5.42. The van der Waals surface area contributed by atoms with E-state index in [9.17, 15) is 9.50 Å². The molecule has 0 bridgehead atoms. The first-order valence-corrected chi connectivity index (χ1v) is 6.09. The van der Waals surface area contributed by atoms with Gasteiger partial charge in [-0.05, 0) is 37.1 Å². The first-order chi connectivity index (χ1) is 8.96. The van der Waals surface area contributed by atoms with Crippen molar-refractivity contribution >= 4 is 0 Å². The summed E-state index contributed by atoms with van der Waals surface area (Å²) >= 11 is 0. The third kappa shape index (κ3) is 2.47. The second-order valence-corrected chi connectivity index (χ2v) is 4.73. The van der Waals surface area contributed by atoms with Crippen LogP contribution in [-0.4, -0.2) is 12.2 Å². The average Bonchev–Trinajstić information content (AvgIpc) is 2.38. The summed E-state index contributed by atoms with van der Waals surface area (Å²) in [4.78, 5) is 0. The fourth-order valence-corrected chi connectivity index (χ4v) is 2.28. The molecule has 2 rings (SSSR count). The van der Waals surface area contributed by atoms with E-state index in [1.165, 1.54) is 13.2 Å². The highest BCUT2D eigenvalue weighted by atomic mass is 19.1. The summed E-state index contributed by atoms with van der Waals surface area (Å²) in [6, 6.07) is 11.9. The van der Waals surface area contributed by atoms with E-state index in [4.69, 9.17) is 4.74 Å². The van der Waals surface area contributed by atoms with Crippen LogP contribution in [0.3, 0.4) is 0 Å². The van der Waals surface area contributed by atoms with Gasteiger partial charge in [-0.25, -0.2) is 4.39 Å². The number of halogens is 1. The Labute approximate surface area is 112 Å². The Morgan fingerprint density at radius 1 is 1.11 bits per heavy atom. The summed E-state index contributed by atoms with van der Waals surface area (Å²) in [5, 5.41) is 10.7. The van der Waals surface area contributed by atoms with Crippen molar-refractivity contribution in [2.75, 3.05) is 7.11 Å². The summed E-state index contributed by atoms with van der Waals surface area (Å²) in [6.45, 7) is 3.49. The van der Waals surface area contributed by atoms with Crippen molar-refractivity contribution in [3.05, 3.63) is 65.0 Å². The van der Waals surface area contributed by atoms with Gasteiger partial charge in [0, 0.05) is 11.6 Å². The Bertz CT molecular complexity index is 591. The summed E-state index contributed by atoms with van der Waals surface area (Å²) < 4.78 is 19.1. The Balaban J connectivity index is 2.53. The zero-order valence-electron chi connectivity index (χ0n) is 11.3. The molecule has 19 heavy (non-hydrogen) atoms. The van der Waals surface area contributed by atoms with Gasteiger partial charge in [0.15, 0.2) is 0 Å². The van der Waals surface area contributed by atoms with Gasteiger partial charge >= 0.3 is 0 Å². The van der Waals surface area contributed by atoms with Gasteiger partial charge in [0.2, 0.25) is 0 Å². The molecule has 100 valence electrons. The third-order valence-electron chi connectivity index (χ3n) is 3.37. The molecule has 1 atom stereocenters. The van der Waals surface area contributed by atoms with Gasteiger partial charge in [-0.1, -0.05) is 24.3 Å². The minimum Gasteiger partial charge on any atom is -0.497 e. The maximum absolute atomic E-state index is 14.1.